The molecule has 21 heavy (non-hydrogen) atoms. The molecule has 2 aromatic heterocycles. The Labute approximate surface area is 127 Å². The molecule has 0 radical (unpaired) electrons. The van der Waals surface area contributed by atoms with Crippen LogP contribution in [0.4, 0.5) is 0 Å². The first kappa shape index (κ1) is 13.9. The highest BCUT2D eigenvalue weighted by molar-refractivity contribution is 6.16. The van der Waals surface area contributed by atoms with Crippen LogP contribution < -0.4 is 5.56 Å². The van der Waals surface area contributed by atoms with Gasteiger partial charge in [0.15, 0.2) is 0 Å². The van der Waals surface area contributed by atoms with Crippen molar-refractivity contribution >= 4 is 22.5 Å². The van der Waals surface area contributed by atoms with Gasteiger partial charge in [-0.3, -0.25) is 9.36 Å². The summed E-state index contributed by atoms with van der Waals surface area (Å²) in [6.45, 7) is 3.78. The second-order valence-corrected chi connectivity index (χ2v) is 5.25. The Balaban J connectivity index is 2.25. The fourth-order valence-corrected chi connectivity index (χ4v) is 2.68. The number of aromatic nitrogens is 2. The molecule has 0 N–H and O–H groups in total. The second-order valence-electron chi connectivity index (χ2n) is 4.98. The molecular formula is C16H15ClN2O2. The number of furan rings is 1. The first-order valence-corrected chi connectivity index (χ1v) is 7.27. The van der Waals surface area contributed by atoms with Crippen LogP contribution in [0.1, 0.15) is 30.3 Å². The van der Waals surface area contributed by atoms with E-state index in [4.69, 9.17) is 16.0 Å². The maximum Gasteiger partial charge on any atom is 0.262 e. The van der Waals surface area contributed by atoms with Crippen molar-refractivity contribution in [2.24, 2.45) is 0 Å². The Kier molecular flexibility index (Phi) is 3.55. The summed E-state index contributed by atoms with van der Waals surface area (Å²) in [4.78, 5) is 17.2. The lowest BCUT2D eigenvalue weighted by molar-refractivity contribution is 0.418. The number of fused-ring (bicyclic) bond motifs is 1. The Hall–Kier alpha value is -2.07. The Bertz CT molecular complexity index is 851. The van der Waals surface area contributed by atoms with E-state index in [1.165, 1.54) is 0 Å². The Morgan fingerprint density at radius 1 is 1.29 bits per heavy atom. The minimum absolute atomic E-state index is 0.0993. The molecule has 1 atom stereocenters. The van der Waals surface area contributed by atoms with Crippen LogP contribution in [0, 0.1) is 6.92 Å². The van der Waals surface area contributed by atoms with Gasteiger partial charge in [0.1, 0.15) is 17.3 Å². The van der Waals surface area contributed by atoms with E-state index in [-0.39, 0.29) is 17.5 Å². The van der Waals surface area contributed by atoms with E-state index in [0.717, 1.165) is 11.5 Å². The molecule has 0 fully saturated rings. The van der Waals surface area contributed by atoms with Crippen LogP contribution in [-0.4, -0.2) is 9.55 Å². The van der Waals surface area contributed by atoms with Crippen LogP contribution in [0.15, 0.2) is 45.6 Å². The van der Waals surface area contributed by atoms with Crippen molar-refractivity contribution < 1.29 is 4.42 Å². The summed E-state index contributed by atoms with van der Waals surface area (Å²) in [5.41, 5.74) is 0.565. The molecule has 108 valence electrons. The van der Waals surface area contributed by atoms with Crippen LogP contribution in [0.5, 0.6) is 0 Å². The van der Waals surface area contributed by atoms with E-state index >= 15 is 0 Å². The van der Waals surface area contributed by atoms with Crippen LogP contribution in [0.25, 0.3) is 10.9 Å². The third-order valence-corrected chi connectivity index (χ3v) is 3.80. The van der Waals surface area contributed by atoms with E-state index < -0.39 is 0 Å². The van der Waals surface area contributed by atoms with E-state index in [9.17, 15) is 4.79 Å². The van der Waals surface area contributed by atoms with Crippen molar-refractivity contribution in [1.82, 2.24) is 9.55 Å². The molecular weight excluding hydrogens is 288 g/mol. The number of hydrogen-bond acceptors (Lipinski definition) is 3. The smallest absolute Gasteiger partial charge is 0.262 e. The molecule has 5 heteroatoms. The lowest BCUT2D eigenvalue weighted by Gasteiger charge is -2.17. The standard InChI is InChI=1S/C16H15ClN2O2/c1-10-7-8-14(21-10)11(2)19-15(9-17)18-13-6-4-3-5-12(13)16(19)20/h3-8,11H,9H2,1-2H3. The SMILES string of the molecule is Cc1ccc(C(C)n2c(CCl)nc3ccccc3c2=O)o1. The third-order valence-electron chi connectivity index (χ3n) is 3.56. The number of para-hydroxylation sites is 1. The molecule has 3 aromatic rings. The fraction of sp³-hybridized carbons (Fsp3) is 0.250. The summed E-state index contributed by atoms with van der Waals surface area (Å²) in [5, 5.41) is 0.585. The number of halogens is 1. The molecule has 1 unspecified atom stereocenters. The zero-order chi connectivity index (χ0) is 15.0. The molecule has 0 bridgehead atoms. The predicted molar refractivity (Wildman–Crippen MR) is 82.8 cm³/mol. The van der Waals surface area contributed by atoms with Crippen molar-refractivity contribution in [1.29, 1.82) is 0 Å². The maximum absolute atomic E-state index is 12.8. The van der Waals surface area contributed by atoms with Crippen LogP contribution in [0.2, 0.25) is 0 Å². The molecule has 0 spiro atoms. The molecule has 4 nitrogen and oxygen atoms in total. The van der Waals surface area contributed by atoms with Gasteiger partial charge in [0.05, 0.1) is 22.8 Å². The van der Waals surface area contributed by atoms with Gasteiger partial charge in [-0.15, -0.1) is 11.6 Å². The number of alkyl halides is 1. The quantitative estimate of drug-likeness (QED) is 0.694. The summed E-state index contributed by atoms with van der Waals surface area (Å²) < 4.78 is 7.24. The molecule has 2 heterocycles. The highest BCUT2D eigenvalue weighted by Crippen LogP contribution is 2.21. The summed E-state index contributed by atoms with van der Waals surface area (Å²) in [7, 11) is 0. The van der Waals surface area contributed by atoms with Gasteiger partial charge in [-0.2, -0.15) is 0 Å². The van der Waals surface area contributed by atoms with Gasteiger partial charge >= 0.3 is 0 Å². The molecule has 3 rings (SSSR count). The van der Waals surface area contributed by atoms with Gasteiger partial charge in [-0.1, -0.05) is 12.1 Å². The average molecular weight is 303 g/mol. The van der Waals surface area contributed by atoms with Crippen molar-refractivity contribution in [3.63, 3.8) is 0 Å². The Morgan fingerprint density at radius 2 is 2.05 bits per heavy atom. The van der Waals surface area contributed by atoms with E-state index in [0.29, 0.717) is 16.7 Å². The van der Waals surface area contributed by atoms with Crippen molar-refractivity contribution in [3.8, 4) is 0 Å². The summed E-state index contributed by atoms with van der Waals surface area (Å²) in [5.74, 6) is 2.25. The van der Waals surface area contributed by atoms with Crippen LogP contribution >= 0.6 is 11.6 Å². The van der Waals surface area contributed by atoms with Crippen LogP contribution in [-0.2, 0) is 5.88 Å². The van der Waals surface area contributed by atoms with Gasteiger partial charge in [-0.25, -0.2) is 4.98 Å². The largest absolute Gasteiger partial charge is 0.464 e. The van der Waals surface area contributed by atoms with E-state index in [1.807, 2.05) is 44.2 Å². The number of hydrogen-bond donors (Lipinski definition) is 0. The third kappa shape index (κ3) is 2.36. The van der Waals surface area contributed by atoms with Gasteiger partial charge in [0.25, 0.3) is 5.56 Å². The second kappa shape index (κ2) is 5.37. The molecule has 0 saturated carbocycles. The lowest BCUT2D eigenvalue weighted by Crippen LogP contribution is -2.28. The minimum atomic E-state index is -0.253. The van der Waals surface area contributed by atoms with E-state index in [2.05, 4.69) is 4.98 Å². The van der Waals surface area contributed by atoms with Crippen molar-refractivity contribution in [2.45, 2.75) is 25.8 Å². The van der Waals surface area contributed by atoms with Gasteiger partial charge in [0, 0.05) is 0 Å². The monoisotopic (exact) mass is 302 g/mol. The summed E-state index contributed by atoms with van der Waals surface area (Å²) in [6.07, 6.45) is 0. The maximum atomic E-state index is 12.8. The number of aryl methyl sites for hydroxylation is 1. The zero-order valence-electron chi connectivity index (χ0n) is 11.8. The molecule has 0 saturated heterocycles. The van der Waals surface area contributed by atoms with Crippen molar-refractivity contribution in [2.75, 3.05) is 0 Å². The Morgan fingerprint density at radius 3 is 2.71 bits per heavy atom. The average Bonchev–Trinajstić information content (AvgIpc) is 2.93. The van der Waals surface area contributed by atoms with E-state index in [1.54, 1.807) is 10.6 Å². The number of rotatable bonds is 3. The molecule has 0 aliphatic heterocycles. The van der Waals surface area contributed by atoms with Gasteiger partial charge < -0.3 is 4.42 Å². The molecule has 0 amide bonds. The number of benzene rings is 1. The normalized spacial score (nSPS) is 12.7. The lowest BCUT2D eigenvalue weighted by atomic mass is 10.2. The first-order valence-electron chi connectivity index (χ1n) is 6.74. The zero-order valence-corrected chi connectivity index (χ0v) is 12.6. The van der Waals surface area contributed by atoms with Gasteiger partial charge in [-0.05, 0) is 38.1 Å². The first-order chi connectivity index (χ1) is 10.1. The van der Waals surface area contributed by atoms with Crippen molar-refractivity contribution in [3.05, 3.63) is 64.1 Å². The summed E-state index contributed by atoms with van der Waals surface area (Å²) in [6, 6.07) is 10.8. The highest BCUT2D eigenvalue weighted by Gasteiger charge is 2.19. The van der Waals surface area contributed by atoms with Gasteiger partial charge in [0.2, 0.25) is 0 Å². The minimum Gasteiger partial charge on any atom is -0.464 e. The molecule has 0 aliphatic carbocycles. The predicted octanol–water partition coefficient (Wildman–Crippen LogP) is 3.65. The molecule has 0 aliphatic rings. The highest BCUT2D eigenvalue weighted by atomic mass is 35.5. The summed E-state index contributed by atoms with van der Waals surface area (Å²) >= 11 is 5.99. The number of nitrogens with zero attached hydrogens (tertiary/aromatic N) is 2. The van der Waals surface area contributed by atoms with Crippen LogP contribution in [0.3, 0.4) is 0 Å². The topological polar surface area (TPSA) is 48.0 Å². The fourth-order valence-electron chi connectivity index (χ4n) is 2.49. The molecule has 1 aromatic carbocycles.